The molecular weight excluding hydrogens is 256 g/mol. The monoisotopic (exact) mass is 274 g/mol. The minimum atomic E-state index is -0.430. The van der Waals surface area contributed by atoms with Crippen LogP contribution in [0.2, 0.25) is 0 Å². The van der Waals surface area contributed by atoms with Crippen LogP contribution < -0.4 is 4.74 Å². The first-order valence-corrected chi connectivity index (χ1v) is 6.66. The molecule has 0 saturated heterocycles. The second kappa shape index (κ2) is 6.75. The van der Waals surface area contributed by atoms with Crippen molar-refractivity contribution in [2.75, 3.05) is 13.2 Å². The average molecular weight is 274 g/mol. The average Bonchev–Trinajstić information content (AvgIpc) is 2.84. The van der Waals surface area contributed by atoms with Gasteiger partial charge < -0.3 is 9.47 Å². The van der Waals surface area contributed by atoms with E-state index in [1.54, 1.807) is 17.7 Å². The smallest absolute Gasteiger partial charge is 0.358 e. The Morgan fingerprint density at radius 3 is 2.60 bits per heavy atom. The number of carbonyl (C=O) groups is 1. The zero-order valence-corrected chi connectivity index (χ0v) is 11.7. The van der Waals surface area contributed by atoms with E-state index < -0.39 is 5.97 Å². The zero-order valence-electron chi connectivity index (χ0n) is 11.7. The van der Waals surface area contributed by atoms with E-state index in [0.29, 0.717) is 25.6 Å². The van der Waals surface area contributed by atoms with Crippen molar-refractivity contribution in [3.63, 3.8) is 0 Å². The summed E-state index contributed by atoms with van der Waals surface area (Å²) in [4.78, 5) is 11.7. The lowest BCUT2D eigenvalue weighted by molar-refractivity contribution is 0.0518. The molecule has 1 aromatic carbocycles. The fraction of sp³-hybridized carbons (Fsp3) is 0.333. The predicted octanol–water partition coefficient (Wildman–Crippen LogP) is 2.51. The fourth-order valence-corrected chi connectivity index (χ4v) is 1.84. The van der Waals surface area contributed by atoms with Gasteiger partial charge >= 0.3 is 5.97 Å². The first-order chi connectivity index (χ1) is 9.74. The lowest BCUT2D eigenvalue weighted by atomic mass is 10.2. The van der Waals surface area contributed by atoms with Crippen molar-refractivity contribution in [2.24, 2.45) is 0 Å². The van der Waals surface area contributed by atoms with E-state index in [1.165, 1.54) is 0 Å². The summed E-state index contributed by atoms with van der Waals surface area (Å²) in [6.45, 7) is 5.05. The molecule has 5 heteroatoms. The standard InChI is InChI=1S/C15H18N2O3/c1-3-19-14-10-13(15(18)20-4-2)16-17(14)11-12-8-6-5-7-9-12/h5-10H,3-4,11H2,1-2H3. The van der Waals surface area contributed by atoms with E-state index in [4.69, 9.17) is 9.47 Å². The van der Waals surface area contributed by atoms with Crippen molar-refractivity contribution in [1.29, 1.82) is 0 Å². The Labute approximate surface area is 118 Å². The third-order valence-corrected chi connectivity index (χ3v) is 2.69. The minimum absolute atomic E-state index is 0.270. The van der Waals surface area contributed by atoms with Gasteiger partial charge in [0.1, 0.15) is 0 Å². The van der Waals surface area contributed by atoms with E-state index in [9.17, 15) is 4.79 Å². The first-order valence-electron chi connectivity index (χ1n) is 6.66. The zero-order chi connectivity index (χ0) is 14.4. The van der Waals surface area contributed by atoms with Gasteiger partial charge in [0.25, 0.3) is 0 Å². The summed E-state index contributed by atoms with van der Waals surface area (Å²) < 4.78 is 12.1. The van der Waals surface area contributed by atoms with Crippen LogP contribution in [0.3, 0.4) is 0 Å². The molecule has 0 aliphatic carbocycles. The van der Waals surface area contributed by atoms with Crippen molar-refractivity contribution < 1.29 is 14.3 Å². The predicted molar refractivity (Wildman–Crippen MR) is 74.9 cm³/mol. The number of esters is 1. The van der Waals surface area contributed by atoms with Gasteiger partial charge in [0, 0.05) is 6.07 Å². The molecule has 0 aliphatic rings. The van der Waals surface area contributed by atoms with Gasteiger partial charge in [0.15, 0.2) is 5.69 Å². The van der Waals surface area contributed by atoms with Gasteiger partial charge in [-0.05, 0) is 19.4 Å². The molecule has 1 heterocycles. The van der Waals surface area contributed by atoms with Gasteiger partial charge in [-0.2, -0.15) is 5.10 Å². The van der Waals surface area contributed by atoms with Gasteiger partial charge in [-0.1, -0.05) is 30.3 Å². The molecule has 0 bridgehead atoms. The molecule has 0 atom stereocenters. The topological polar surface area (TPSA) is 53.4 Å². The Bertz CT molecular complexity index is 564. The molecule has 0 spiro atoms. The molecule has 0 unspecified atom stereocenters. The fourth-order valence-electron chi connectivity index (χ4n) is 1.84. The molecule has 0 fully saturated rings. The molecule has 2 rings (SSSR count). The van der Waals surface area contributed by atoms with Crippen LogP contribution in [0.25, 0.3) is 0 Å². The molecule has 0 N–H and O–H groups in total. The van der Waals surface area contributed by atoms with Crippen LogP contribution in [-0.2, 0) is 11.3 Å². The number of aromatic nitrogens is 2. The third-order valence-electron chi connectivity index (χ3n) is 2.69. The summed E-state index contributed by atoms with van der Waals surface area (Å²) in [5, 5.41) is 4.26. The number of benzene rings is 1. The number of hydrogen-bond acceptors (Lipinski definition) is 4. The molecule has 0 aliphatic heterocycles. The normalized spacial score (nSPS) is 10.3. The quantitative estimate of drug-likeness (QED) is 0.759. The van der Waals surface area contributed by atoms with Crippen LogP contribution in [0, 0.1) is 0 Å². The van der Waals surface area contributed by atoms with Gasteiger partial charge in [-0.25, -0.2) is 9.48 Å². The van der Waals surface area contributed by atoms with Crippen LogP contribution >= 0.6 is 0 Å². The molecular formula is C15H18N2O3. The number of nitrogens with zero attached hydrogens (tertiary/aromatic N) is 2. The summed E-state index contributed by atoms with van der Waals surface area (Å²) in [7, 11) is 0. The highest BCUT2D eigenvalue weighted by atomic mass is 16.5. The van der Waals surface area contributed by atoms with Crippen molar-refractivity contribution in [3.8, 4) is 5.88 Å². The van der Waals surface area contributed by atoms with Crippen LogP contribution in [-0.4, -0.2) is 29.0 Å². The molecule has 20 heavy (non-hydrogen) atoms. The Morgan fingerprint density at radius 1 is 1.20 bits per heavy atom. The van der Waals surface area contributed by atoms with E-state index in [0.717, 1.165) is 5.56 Å². The number of hydrogen-bond donors (Lipinski definition) is 0. The molecule has 5 nitrogen and oxygen atoms in total. The number of rotatable bonds is 6. The highest BCUT2D eigenvalue weighted by Crippen LogP contribution is 2.16. The van der Waals surface area contributed by atoms with Gasteiger partial charge in [-0.3, -0.25) is 0 Å². The van der Waals surface area contributed by atoms with E-state index in [1.807, 2.05) is 37.3 Å². The maximum atomic E-state index is 11.7. The summed E-state index contributed by atoms with van der Waals surface area (Å²) >= 11 is 0. The molecule has 0 amide bonds. The van der Waals surface area contributed by atoms with Crippen molar-refractivity contribution in [1.82, 2.24) is 9.78 Å². The van der Waals surface area contributed by atoms with Crippen LogP contribution in [0.15, 0.2) is 36.4 Å². The van der Waals surface area contributed by atoms with E-state index in [-0.39, 0.29) is 5.69 Å². The summed E-state index contributed by atoms with van der Waals surface area (Å²) in [5.74, 6) is 0.139. The van der Waals surface area contributed by atoms with Crippen molar-refractivity contribution in [3.05, 3.63) is 47.7 Å². The van der Waals surface area contributed by atoms with Crippen LogP contribution in [0.1, 0.15) is 29.9 Å². The first kappa shape index (κ1) is 14.1. The number of ether oxygens (including phenoxy) is 2. The van der Waals surface area contributed by atoms with Crippen molar-refractivity contribution >= 4 is 5.97 Å². The largest absolute Gasteiger partial charge is 0.478 e. The van der Waals surface area contributed by atoms with Crippen molar-refractivity contribution in [2.45, 2.75) is 20.4 Å². The maximum absolute atomic E-state index is 11.7. The van der Waals surface area contributed by atoms with Gasteiger partial charge in [-0.15, -0.1) is 0 Å². The summed E-state index contributed by atoms with van der Waals surface area (Å²) in [6.07, 6.45) is 0. The molecule has 2 aromatic rings. The molecule has 0 radical (unpaired) electrons. The second-order valence-corrected chi connectivity index (χ2v) is 4.16. The second-order valence-electron chi connectivity index (χ2n) is 4.16. The molecule has 1 aromatic heterocycles. The Morgan fingerprint density at radius 2 is 1.95 bits per heavy atom. The van der Waals surface area contributed by atoms with Gasteiger partial charge in [0.05, 0.1) is 19.8 Å². The maximum Gasteiger partial charge on any atom is 0.358 e. The van der Waals surface area contributed by atoms with E-state index in [2.05, 4.69) is 5.10 Å². The summed E-state index contributed by atoms with van der Waals surface area (Å²) in [6, 6.07) is 11.5. The Kier molecular flexibility index (Phi) is 4.76. The Balaban J connectivity index is 2.24. The summed E-state index contributed by atoms with van der Waals surface area (Å²) in [5.41, 5.74) is 1.36. The Hall–Kier alpha value is -2.30. The molecule has 0 saturated carbocycles. The molecule has 106 valence electrons. The van der Waals surface area contributed by atoms with Crippen LogP contribution in [0.5, 0.6) is 5.88 Å². The number of carbonyl (C=O) groups excluding carboxylic acids is 1. The van der Waals surface area contributed by atoms with Gasteiger partial charge in [0.2, 0.25) is 5.88 Å². The lowest BCUT2D eigenvalue weighted by Gasteiger charge is -2.07. The third kappa shape index (κ3) is 3.38. The SMILES string of the molecule is CCOC(=O)c1cc(OCC)n(Cc2ccccc2)n1. The highest BCUT2D eigenvalue weighted by molar-refractivity contribution is 5.87. The highest BCUT2D eigenvalue weighted by Gasteiger charge is 2.16. The minimum Gasteiger partial charge on any atom is -0.478 e. The lowest BCUT2D eigenvalue weighted by Crippen LogP contribution is -2.08. The van der Waals surface area contributed by atoms with E-state index >= 15 is 0 Å². The van der Waals surface area contributed by atoms with Crippen LogP contribution in [0.4, 0.5) is 0 Å².